The Morgan fingerprint density at radius 1 is 0.971 bits per heavy atom. The maximum atomic E-state index is 14.8. The molecule has 1 fully saturated rings. The molecular weight excluding hydrogens is 457 g/mol. The van der Waals surface area contributed by atoms with Gasteiger partial charge in [-0.05, 0) is 44.8 Å². The lowest BCUT2D eigenvalue weighted by molar-refractivity contribution is 0.0825. The number of hydrogen-bond donors (Lipinski definition) is 0. The van der Waals surface area contributed by atoms with Crippen LogP contribution >= 0.6 is 0 Å². The number of fused-ring (bicyclic) bond motifs is 1. The highest BCUT2D eigenvalue weighted by atomic mass is 19.1. The standard InChI is InChI=1S/C25H21F3N6O/c1-12-13(2)31-25-23(30-12)22(21-18(27)8-16(26)9-19(21)28)32-24(33-25)14-5-6-35-20(7-14)15-10-29-34(11-15)17-3-4-17/h7-11,17,20H,3-6H2,1-2H3. The molecule has 35 heavy (non-hydrogen) atoms. The average molecular weight is 478 g/mol. The van der Waals surface area contributed by atoms with Crippen LogP contribution in [0.4, 0.5) is 13.2 Å². The van der Waals surface area contributed by atoms with Crippen molar-refractivity contribution in [2.75, 3.05) is 6.61 Å². The summed E-state index contributed by atoms with van der Waals surface area (Å²) in [7, 11) is 0. The van der Waals surface area contributed by atoms with E-state index in [9.17, 15) is 13.2 Å². The first-order chi connectivity index (χ1) is 16.9. The van der Waals surface area contributed by atoms with E-state index in [0.717, 1.165) is 24.0 Å². The van der Waals surface area contributed by atoms with E-state index < -0.39 is 23.0 Å². The summed E-state index contributed by atoms with van der Waals surface area (Å²) in [5.74, 6) is -2.88. The average Bonchev–Trinajstić information content (AvgIpc) is 3.55. The van der Waals surface area contributed by atoms with Gasteiger partial charge < -0.3 is 4.74 Å². The van der Waals surface area contributed by atoms with Gasteiger partial charge in [0.15, 0.2) is 11.5 Å². The van der Waals surface area contributed by atoms with E-state index >= 15 is 0 Å². The van der Waals surface area contributed by atoms with Crippen LogP contribution < -0.4 is 0 Å². The third-order valence-corrected chi connectivity index (χ3v) is 6.37. The smallest absolute Gasteiger partial charge is 0.182 e. The predicted octanol–water partition coefficient (Wildman–Crippen LogP) is 5.20. The summed E-state index contributed by atoms with van der Waals surface area (Å²) in [6, 6.07) is 1.71. The van der Waals surface area contributed by atoms with Crippen LogP contribution in [-0.4, -0.2) is 36.3 Å². The molecule has 0 N–H and O–H groups in total. The molecule has 1 saturated carbocycles. The molecule has 0 saturated heterocycles. The Kier molecular flexibility index (Phi) is 5.14. The molecule has 0 bridgehead atoms. The summed E-state index contributed by atoms with van der Waals surface area (Å²) in [6.07, 6.45) is 8.07. The molecule has 0 spiro atoms. The van der Waals surface area contributed by atoms with Crippen LogP contribution in [0.3, 0.4) is 0 Å². The van der Waals surface area contributed by atoms with Crippen LogP contribution in [0.5, 0.6) is 0 Å². The molecule has 1 aliphatic heterocycles. The minimum atomic E-state index is -1.07. The topological polar surface area (TPSA) is 78.6 Å². The van der Waals surface area contributed by atoms with Gasteiger partial charge in [0, 0.05) is 23.9 Å². The van der Waals surface area contributed by atoms with Crippen molar-refractivity contribution in [2.45, 2.75) is 45.3 Å². The highest BCUT2D eigenvalue weighted by Gasteiger charge is 2.27. The number of hydrogen-bond acceptors (Lipinski definition) is 6. The lowest BCUT2D eigenvalue weighted by Crippen LogP contribution is -2.12. The second-order valence-corrected chi connectivity index (χ2v) is 8.93. The van der Waals surface area contributed by atoms with Crippen LogP contribution in [0.25, 0.3) is 28.0 Å². The monoisotopic (exact) mass is 478 g/mol. The largest absolute Gasteiger partial charge is 0.369 e. The number of aromatic nitrogens is 6. The summed E-state index contributed by atoms with van der Waals surface area (Å²) in [5.41, 5.74) is 2.71. The van der Waals surface area contributed by atoms with Gasteiger partial charge in [-0.25, -0.2) is 33.1 Å². The Balaban J connectivity index is 1.50. The number of aryl methyl sites for hydroxylation is 2. The van der Waals surface area contributed by atoms with E-state index in [1.54, 1.807) is 20.0 Å². The van der Waals surface area contributed by atoms with Gasteiger partial charge in [-0.1, -0.05) is 0 Å². The van der Waals surface area contributed by atoms with Gasteiger partial charge in [-0.15, -0.1) is 0 Å². The van der Waals surface area contributed by atoms with Crippen LogP contribution in [-0.2, 0) is 4.74 Å². The second kappa shape index (κ2) is 8.23. The fraction of sp³-hybridized carbons (Fsp3) is 0.320. The van der Waals surface area contributed by atoms with E-state index in [1.165, 1.54) is 0 Å². The number of nitrogens with zero attached hydrogens (tertiary/aromatic N) is 6. The number of ether oxygens (including phenoxy) is 1. The molecule has 178 valence electrons. The molecule has 1 atom stereocenters. The first kappa shape index (κ1) is 21.8. The zero-order valence-corrected chi connectivity index (χ0v) is 19.1. The molecule has 1 unspecified atom stereocenters. The van der Waals surface area contributed by atoms with Crippen LogP contribution in [0, 0.1) is 31.3 Å². The summed E-state index contributed by atoms with van der Waals surface area (Å²) < 4.78 is 51.1. The SMILES string of the molecule is Cc1nc2nc(C3=CC(c4cnn(C5CC5)c4)OCC3)nc(-c3c(F)cc(F)cc3F)c2nc1C. The molecule has 10 heteroatoms. The van der Waals surface area contributed by atoms with Gasteiger partial charge >= 0.3 is 0 Å². The fourth-order valence-corrected chi connectivity index (χ4v) is 4.23. The van der Waals surface area contributed by atoms with Crippen LogP contribution in [0.1, 0.15) is 54.2 Å². The van der Waals surface area contributed by atoms with Crippen molar-refractivity contribution in [3.05, 3.63) is 70.8 Å². The van der Waals surface area contributed by atoms with E-state index in [4.69, 9.17) is 4.74 Å². The van der Waals surface area contributed by atoms with Crippen LogP contribution in [0.15, 0.2) is 30.6 Å². The van der Waals surface area contributed by atoms with Gasteiger partial charge in [-0.3, -0.25) is 4.68 Å². The van der Waals surface area contributed by atoms with Crippen molar-refractivity contribution in [1.29, 1.82) is 0 Å². The van der Waals surface area contributed by atoms with E-state index in [1.807, 2.05) is 17.0 Å². The molecule has 0 amide bonds. The molecule has 6 rings (SSSR count). The molecule has 4 aromatic rings. The Morgan fingerprint density at radius 3 is 2.46 bits per heavy atom. The highest BCUT2D eigenvalue weighted by Crippen LogP contribution is 2.37. The Labute approximate surface area is 198 Å². The van der Waals surface area contributed by atoms with Crippen molar-refractivity contribution in [3.63, 3.8) is 0 Å². The zero-order valence-electron chi connectivity index (χ0n) is 19.1. The first-order valence-corrected chi connectivity index (χ1v) is 11.4. The third kappa shape index (κ3) is 3.97. The lowest BCUT2D eigenvalue weighted by Gasteiger charge is -2.21. The van der Waals surface area contributed by atoms with Crippen molar-refractivity contribution < 1.29 is 17.9 Å². The maximum absolute atomic E-state index is 14.8. The van der Waals surface area contributed by atoms with Crippen molar-refractivity contribution in [1.82, 2.24) is 29.7 Å². The summed E-state index contributed by atoms with van der Waals surface area (Å²) in [6.45, 7) is 3.94. The van der Waals surface area contributed by atoms with Gasteiger partial charge in [0.25, 0.3) is 0 Å². The van der Waals surface area contributed by atoms with E-state index in [2.05, 4.69) is 25.0 Å². The minimum absolute atomic E-state index is 0.0684. The van der Waals surface area contributed by atoms with Crippen molar-refractivity contribution in [2.24, 2.45) is 0 Å². The maximum Gasteiger partial charge on any atom is 0.182 e. The summed E-state index contributed by atoms with van der Waals surface area (Å²) in [5, 5.41) is 4.43. The number of benzene rings is 1. The number of halogens is 3. The normalized spacial score (nSPS) is 18.2. The van der Waals surface area contributed by atoms with Gasteiger partial charge in [-0.2, -0.15) is 5.10 Å². The molecule has 0 radical (unpaired) electrons. The molecule has 3 aromatic heterocycles. The predicted molar refractivity (Wildman–Crippen MR) is 122 cm³/mol. The molecule has 2 aliphatic rings. The fourth-order valence-electron chi connectivity index (χ4n) is 4.23. The van der Waals surface area contributed by atoms with Gasteiger partial charge in [0.1, 0.15) is 34.8 Å². The van der Waals surface area contributed by atoms with Crippen molar-refractivity contribution in [3.8, 4) is 11.3 Å². The van der Waals surface area contributed by atoms with Gasteiger partial charge in [0.2, 0.25) is 0 Å². The summed E-state index contributed by atoms with van der Waals surface area (Å²) in [4.78, 5) is 18.1. The Morgan fingerprint density at radius 2 is 1.71 bits per heavy atom. The van der Waals surface area contributed by atoms with Crippen molar-refractivity contribution >= 4 is 16.7 Å². The molecule has 4 heterocycles. The van der Waals surface area contributed by atoms with E-state index in [-0.39, 0.29) is 28.8 Å². The van der Waals surface area contributed by atoms with E-state index in [0.29, 0.717) is 42.6 Å². The molecule has 1 aliphatic carbocycles. The Hall–Kier alpha value is -3.66. The highest BCUT2D eigenvalue weighted by molar-refractivity contribution is 5.88. The minimum Gasteiger partial charge on any atom is -0.369 e. The summed E-state index contributed by atoms with van der Waals surface area (Å²) >= 11 is 0. The van der Waals surface area contributed by atoms with Crippen LogP contribution in [0.2, 0.25) is 0 Å². The van der Waals surface area contributed by atoms with Gasteiger partial charge in [0.05, 0.1) is 35.8 Å². The zero-order chi connectivity index (χ0) is 24.3. The quantitative estimate of drug-likeness (QED) is 0.401. The third-order valence-electron chi connectivity index (χ3n) is 6.37. The molecule has 7 nitrogen and oxygen atoms in total. The molecular formula is C25H21F3N6O. The second-order valence-electron chi connectivity index (χ2n) is 8.93. The Bertz CT molecular complexity index is 1490. The lowest BCUT2D eigenvalue weighted by atomic mass is 10.0. The molecule has 1 aromatic carbocycles. The first-order valence-electron chi connectivity index (χ1n) is 11.4. The number of rotatable bonds is 4.